The third kappa shape index (κ3) is 4.12. The highest BCUT2D eigenvalue weighted by molar-refractivity contribution is 5.62. The molecule has 1 aromatic carbocycles. The Morgan fingerprint density at radius 1 is 1.38 bits per heavy atom. The van der Waals surface area contributed by atoms with Gasteiger partial charge in [0.25, 0.3) is 0 Å². The number of nitriles is 1. The molecule has 1 fully saturated rings. The molecule has 0 saturated carbocycles. The molecule has 1 N–H and O–H groups in total. The van der Waals surface area contributed by atoms with Crippen molar-refractivity contribution in [3.63, 3.8) is 0 Å². The lowest BCUT2D eigenvalue weighted by atomic mass is 9.97. The van der Waals surface area contributed by atoms with Gasteiger partial charge in [-0.2, -0.15) is 5.26 Å². The number of benzene rings is 1. The molecule has 1 heterocycles. The molecule has 114 valence electrons. The Labute approximate surface area is 127 Å². The molecule has 0 spiro atoms. The van der Waals surface area contributed by atoms with Crippen LogP contribution >= 0.6 is 0 Å². The molecule has 1 aliphatic rings. The van der Waals surface area contributed by atoms with Crippen molar-refractivity contribution in [1.29, 1.82) is 5.26 Å². The van der Waals surface area contributed by atoms with E-state index < -0.39 is 0 Å². The van der Waals surface area contributed by atoms with Crippen LogP contribution in [0.3, 0.4) is 0 Å². The SMILES string of the molecule is CCCN(CC1CCNCC1)c1cc(OC)ccc1C#N. The fraction of sp³-hybridized carbons (Fsp3) is 0.588. The molecule has 0 aromatic heterocycles. The van der Waals surface area contributed by atoms with Crippen LogP contribution in [0.5, 0.6) is 5.75 Å². The van der Waals surface area contributed by atoms with Crippen LogP contribution in [0.25, 0.3) is 0 Å². The van der Waals surface area contributed by atoms with E-state index in [1.54, 1.807) is 7.11 Å². The van der Waals surface area contributed by atoms with Gasteiger partial charge in [-0.1, -0.05) is 6.92 Å². The van der Waals surface area contributed by atoms with Crippen molar-refractivity contribution in [2.45, 2.75) is 26.2 Å². The summed E-state index contributed by atoms with van der Waals surface area (Å²) >= 11 is 0. The van der Waals surface area contributed by atoms with Crippen LogP contribution in [0.15, 0.2) is 18.2 Å². The summed E-state index contributed by atoms with van der Waals surface area (Å²) in [4.78, 5) is 2.36. The minimum absolute atomic E-state index is 0.704. The van der Waals surface area contributed by atoms with E-state index in [1.807, 2.05) is 18.2 Å². The third-order valence-corrected chi connectivity index (χ3v) is 4.10. The molecule has 0 aliphatic carbocycles. The second-order valence-electron chi connectivity index (χ2n) is 5.63. The smallest absolute Gasteiger partial charge is 0.121 e. The molecule has 0 unspecified atom stereocenters. The monoisotopic (exact) mass is 287 g/mol. The maximum Gasteiger partial charge on any atom is 0.121 e. The topological polar surface area (TPSA) is 48.3 Å². The van der Waals surface area contributed by atoms with E-state index in [0.717, 1.165) is 49.6 Å². The van der Waals surface area contributed by atoms with Crippen molar-refractivity contribution in [2.24, 2.45) is 5.92 Å². The fourth-order valence-electron chi connectivity index (χ4n) is 2.95. The predicted octanol–water partition coefficient (Wildman–Crippen LogP) is 2.78. The van der Waals surface area contributed by atoms with E-state index in [0.29, 0.717) is 5.92 Å². The highest BCUT2D eigenvalue weighted by Crippen LogP contribution is 2.28. The molecule has 0 radical (unpaired) electrons. The van der Waals surface area contributed by atoms with E-state index >= 15 is 0 Å². The first-order valence-corrected chi connectivity index (χ1v) is 7.82. The number of hydrogen-bond acceptors (Lipinski definition) is 4. The molecule has 0 amide bonds. The van der Waals surface area contributed by atoms with Crippen molar-refractivity contribution < 1.29 is 4.74 Å². The molecule has 4 nitrogen and oxygen atoms in total. The van der Waals surface area contributed by atoms with Gasteiger partial charge in [0.15, 0.2) is 0 Å². The van der Waals surface area contributed by atoms with Gasteiger partial charge in [-0.15, -0.1) is 0 Å². The maximum atomic E-state index is 9.38. The van der Waals surface area contributed by atoms with Crippen LogP contribution in [-0.2, 0) is 0 Å². The third-order valence-electron chi connectivity index (χ3n) is 4.10. The largest absolute Gasteiger partial charge is 0.497 e. The van der Waals surface area contributed by atoms with Crippen molar-refractivity contribution in [3.05, 3.63) is 23.8 Å². The lowest BCUT2D eigenvalue weighted by Gasteiger charge is -2.32. The molecule has 1 aromatic rings. The second-order valence-corrected chi connectivity index (χ2v) is 5.63. The fourth-order valence-corrected chi connectivity index (χ4v) is 2.95. The summed E-state index contributed by atoms with van der Waals surface area (Å²) in [5.74, 6) is 1.52. The van der Waals surface area contributed by atoms with Crippen LogP contribution in [0, 0.1) is 17.2 Å². The summed E-state index contributed by atoms with van der Waals surface area (Å²) in [5, 5.41) is 12.8. The van der Waals surface area contributed by atoms with Crippen molar-refractivity contribution >= 4 is 5.69 Å². The number of methoxy groups -OCH3 is 1. The minimum Gasteiger partial charge on any atom is -0.497 e. The summed E-state index contributed by atoms with van der Waals surface area (Å²) in [6.45, 7) is 6.40. The minimum atomic E-state index is 0.704. The maximum absolute atomic E-state index is 9.38. The van der Waals surface area contributed by atoms with E-state index in [1.165, 1.54) is 12.8 Å². The second kappa shape index (κ2) is 7.90. The van der Waals surface area contributed by atoms with Gasteiger partial charge >= 0.3 is 0 Å². The zero-order chi connectivity index (χ0) is 15.1. The number of piperidine rings is 1. The Hall–Kier alpha value is -1.73. The van der Waals surface area contributed by atoms with Crippen LogP contribution in [0.1, 0.15) is 31.7 Å². The molecule has 1 saturated heterocycles. The van der Waals surface area contributed by atoms with E-state index in [-0.39, 0.29) is 0 Å². The normalized spacial score (nSPS) is 15.5. The Balaban J connectivity index is 2.21. The van der Waals surface area contributed by atoms with Crippen LogP contribution in [-0.4, -0.2) is 33.3 Å². The Morgan fingerprint density at radius 2 is 2.14 bits per heavy atom. The molecular formula is C17H25N3O. The average Bonchev–Trinajstić information content (AvgIpc) is 2.55. The van der Waals surface area contributed by atoms with Crippen molar-refractivity contribution in [2.75, 3.05) is 38.2 Å². The van der Waals surface area contributed by atoms with Gasteiger partial charge in [0.05, 0.1) is 18.4 Å². The Kier molecular flexibility index (Phi) is 5.89. The Bertz CT molecular complexity index is 489. The van der Waals surface area contributed by atoms with E-state index in [2.05, 4.69) is 23.2 Å². The van der Waals surface area contributed by atoms with Crippen LogP contribution in [0.2, 0.25) is 0 Å². The predicted molar refractivity (Wildman–Crippen MR) is 85.8 cm³/mol. The van der Waals surface area contributed by atoms with Gasteiger partial charge in [-0.25, -0.2) is 0 Å². The van der Waals surface area contributed by atoms with Crippen LogP contribution in [0.4, 0.5) is 5.69 Å². The van der Waals surface area contributed by atoms with Gasteiger partial charge in [0.2, 0.25) is 0 Å². The quantitative estimate of drug-likeness (QED) is 0.874. The van der Waals surface area contributed by atoms with Gasteiger partial charge in [0.1, 0.15) is 11.8 Å². The first kappa shape index (κ1) is 15.7. The highest BCUT2D eigenvalue weighted by Gasteiger charge is 2.19. The molecular weight excluding hydrogens is 262 g/mol. The summed E-state index contributed by atoms with van der Waals surface area (Å²) in [6, 6.07) is 8.03. The number of nitrogens with one attached hydrogen (secondary N) is 1. The number of nitrogens with zero attached hydrogens (tertiary/aromatic N) is 2. The number of anilines is 1. The van der Waals surface area contributed by atoms with Crippen molar-refractivity contribution in [3.8, 4) is 11.8 Å². The summed E-state index contributed by atoms with van der Waals surface area (Å²) in [6.07, 6.45) is 3.51. The molecule has 2 rings (SSSR count). The van der Waals surface area contributed by atoms with E-state index in [4.69, 9.17) is 4.74 Å². The lowest BCUT2D eigenvalue weighted by molar-refractivity contribution is 0.373. The molecule has 1 aliphatic heterocycles. The number of rotatable bonds is 6. The summed E-state index contributed by atoms with van der Waals surface area (Å²) in [7, 11) is 1.67. The Morgan fingerprint density at radius 3 is 2.76 bits per heavy atom. The highest BCUT2D eigenvalue weighted by atomic mass is 16.5. The number of ether oxygens (including phenoxy) is 1. The van der Waals surface area contributed by atoms with Gasteiger partial charge in [0, 0.05) is 19.2 Å². The zero-order valence-corrected chi connectivity index (χ0v) is 13.1. The molecule has 4 heteroatoms. The lowest BCUT2D eigenvalue weighted by Crippen LogP contribution is -2.37. The van der Waals surface area contributed by atoms with Crippen LogP contribution < -0.4 is 15.0 Å². The average molecular weight is 287 g/mol. The molecule has 0 atom stereocenters. The van der Waals surface area contributed by atoms with Gasteiger partial charge < -0.3 is 15.0 Å². The van der Waals surface area contributed by atoms with E-state index in [9.17, 15) is 5.26 Å². The van der Waals surface area contributed by atoms with Gasteiger partial charge in [-0.05, 0) is 50.4 Å². The standard InChI is InChI=1S/C17H25N3O/c1-3-10-20(13-14-6-8-19-9-7-14)17-11-16(21-2)5-4-15(17)12-18/h4-5,11,14,19H,3,6-10,13H2,1-2H3. The first-order chi connectivity index (χ1) is 10.3. The zero-order valence-electron chi connectivity index (χ0n) is 13.1. The number of hydrogen-bond donors (Lipinski definition) is 1. The summed E-state index contributed by atoms with van der Waals surface area (Å²) < 4.78 is 5.33. The van der Waals surface area contributed by atoms with Gasteiger partial charge in [-0.3, -0.25) is 0 Å². The summed E-state index contributed by atoms with van der Waals surface area (Å²) in [5.41, 5.74) is 1.75. The molecule has 21 heavy (non-hydrogen) atoms. The first-order valence-electron chi connectivity index (χ1n) is 7.82. The van der Waals surface area contributed by atoms with Crippen molar-refractivity contribution in [1.82, 2.24) is 5.32 Å². The molecule has 0 bridgehead atoms.